The van der Waals surface area contributed by atoms with Crippen molar-refractivity contribution in [3.63, 3.8) is 0 Å². The minimum absolute atomic E-state index is 0.105. The second-order valence-corrected chi connectivity index (χ2v) is 5.18. The first kappa shape index (κ1) is 14.8. The van der Waals surface area contributed by atoms with Crippen LogP contribution in [0, 0.1) is 17.0 Å². The van der Waals surface area contributed by atoms with E-state index in [1.165, 1.54) is 25.9 Å². The van der Waals surface area contributed by atoms with Crippen molar-refractivity contribution in [2.75, 3.05) is 31.5 Å². The van der Waals surface area contributed by atoms with Crippen LogP contribution in [0.15, 0.2) is 0 Å². The first-order chi connectivity index (χ1) is 9.63. The first-order valence-electron chi connectivity index (χ1n) is 7.31. The lowest BCUT2D eigenvalue weighted by atomic mass is 10.3. The van der Waals surface area contributed by atoms with Crippen LogP contribution in [0.1, 0.15) is 31.9 Å². The topological polar surface area (TPSA) is 76.2 Å². The SMILES string of the molecule is CCn1nc(C)c([N+](=O)[O-])c1NCCCN1CCCC1. The van der Waals surface area contributed by atoms with E-state index in [2.05, 4.69) is 15.3 Å². The van der Waals surface area contributed by atoms with Gasteiger partial charge >= 0.3 is 5.69 Å². The molecule has 0 spiro atoms. The van der Waals surface area contributed by atoms with Gasteiger partial charge in [-0.1, -0.05) is 0 Å². The van der Waals surface area contributed by atoms with E-state index in [9.17, 15) is 10.1 Å². The van der Waals surface area contributed by atoms with Crippen LogP contribution < -0.4 is 5.32 Å². The van der Waals surface area contributed by atoms with Gasteiger partial charge in [0.15, 0.2) is 0 Å². The van der Waals surface area contributed by atoms with E-state index in [1.54, 1.807) is 11.6 Å². The zero-order valence-electron chi connectivity index (χ0n) is 12.3. The molecule has 1 N–H and O–H groups in total. The summed E-state index contributed by atoms with van der Waals surface area (Å²) >= 11 is 0. The number of nitro groups is 1. The summed E-state index contributed by atoms with van der Waals surface area (Å²) in [4.78, 5) is 13.2. The van der Waals surface area contributed by atoms with Gasteiger partial charge in [-0.15, -0.1) is 0 Å². The monoisotopic (exact) mass is 281 g/mol. The molecule has 1 fully saturated rings. The molecule has 20 heavy (non-hydrogen) atoms. The summed E-state index contributed by atoms with van der Waals surface area (Å²) in [5.74, 6) is 0.538. The largest absolute Gasteiger partial charge is 0.364 e. The number of aromatic nitrogens is 2. The summed E-state index contributed by atoms with van der Waals surface area (Å²) in [6, 6.07) is 0. The molecule has 1 aromatic heterocycles. The lowest BCUT2D eigenvalue weighted by molar-refractivity contribution is -0.384. The summed E-state index contributed by atoms with van der Waals surface area (Å²) in [5.41, 5.74) is 0.576. The first-order valence-corrected chi connectivity index (χ1v) is 7.31. The Hall–Kier alpha value is -1.63. The van der Waals surface area contributed by atoms with Gasteiger partial charge in [0.2, 0.25) is 5.82 Å². The van der Waals surface area contributed by atoms with Crippen molar-refractivity contribution in [3.8, 4) is 0 Å². The van der Waals surface area contributed by atoms with Crippen LogP contribution >= 0.6 is 0 Å². The number of anilines is 1. The number of hydrogen-bond acceptors (Lipinski definition) is 5. The average Bonchev–Trinajstić information content (AvgIpc) is 3.01. The van der Waals surface area contributed by atoms with Crippen LogP contribution in [-0.4, -0.2) is 45.8 Å². The van der Waals surface area contributed by atoms with E-state index in [4.69, 9.17) is 0 Å². The molecule has 1 saturated heterocycles. The van der Waals surface area contributed by atoms with Crippen molar-refractivity contribution in [3.05, 3.63) is 15.8 Å². The fourth-order valence-electron chi connectivity index (χ4n) is 2.71. The van der Waals surface area contributed by atoms with Crippen molar-refractivity contribution in [1.82, 2.24) is 14.7 Å². The van der Waals surface area contributed by atoms with Gasteiger partial charge in [-0.3, -0.25) is 10.1 Å². The molecular weight excluding hydrogens is 258 g/mol. The van der Waals surface area contributed by atoms with Crippen molar-refractivity contribution >= 4 is 11.5 Å². The van der Waals surface area contributed by atoms with Crippen molar-refractivity contribution in [1.29, 1.82) is 0 Å². The number of rotatable bonds is 7. The Bertz CT molecular complexity index is 466. The van der Waals surface area contributed by atoms with Crippen LogP contribution in [0.5, 0.6) is 0 Å². The van der Waals surface area contributed by atoms with Gasteiger partial charge in [0.1, 0.15) is 5.69 Å². The van der Waals surface area contributed by atoms with Gasteiger partial charge in [-0.2, -0.15) is 5.10 Å². The fraction of sp³-hybridized carbons (Fsp3) is 0.769. The van der Waals surface area contributed by atoms with E-state index in [1.807, 2.05) is 6.92 Å². The summed E-state index contributed by atoms with van der Waals surface area (Å²) in [5, 5.41) is 18.5. The van der Waals surface area contributed by atoms with Crippen molar-refractivity contribution in [2.24, 2.45) is 0 Å². The normalized spacial score (nSPS) is 15.7. The van der Waals surface area contributed by atoms with Gasteiger partial charge in [0.25, 0.3) is 0 Å². The second-order valence-electron chi connectivity index (χ2n) is 5.18. The molecule has 0 atom stereocenters. The molecule has 1 aromatic rings. The van der Waals surface area contributed by atoms with E-state index in [0.717, 1.165) is 19.5 Å². The van der Waals surface area contributed by atoms with Crippen LogP contribution in [0.3, 0.4) is 0 Å². The molecule has 2 heterocycles. The third-order valence-electron chi connectivity index (χ3n) is 3.72. The molecular formula is C13H23N5O2. The Morgan fingerprint density at radius 2 is 2.10 bits per heavy atom. The highest BCUT2D eigenvalue weighted by Gasteiger charge is 2.24. The minimum atomic E-state index is -0.350. The molecule has 0 aromatic carbocycles. The molecule has 112 valence electrons. The molecule has 0 amide bonds. The predicted molar refractivity (Wildman–Crippen MR) is 78.1 cm³/mol. The molecule has 7 nitrogen and oxygen atoms in total. The molecule has 0 saturated carbocycles. The molecule has 0 unspecified atom stereocenters. The van der Waals surface area contributed by atoms with E-state index >= 15 is 0 Å². The zero-order chi connectivity index (χ0) is 14.5. The smallest absolute Gasteiger partial charge is 0.333 e. The third-order valence-corrected chi connectivity index (χ3v) is 3.72. The predicted octanol–water partition coefficient (Wildman–Crippen LogP) is 2.02. The van der Waals surface area contributed by atoms with Crippen molar-refractivity contribution in [2.45, 2.75) is 39.7 Å². The van der Waals surface area contributed by atoms with E-state index < -0.39 is 0 Å². The molecule has 0 bridgehead atoms. The molecule has 1 aliphatic heterocycles. The molecule has 2 rings (SSSR count). The zero-order valence-corrected chi connectivity index (χ0v) is 12.3. The molecule has 1 aliphatic rings. The maximum Gasteiger partial charge on any atom is 0.333 e. The second kappa shape index (κ2) is 6.69. The van der Waals surface area contributed by atoms with E-state index in [-0.39, 0.29) is 10.6 Å². The Balaban J connectivity index is 1.92. The lowest BCUT2D eigenvalue weighted by Gasteiger charge is -2.14. The van der Waals surface area contributed by atoms with Gasteiger partial charge < -0.3 is 10.2 Å². The average molecular weight is 281 g/mol. The molecule has 0 aliphatic carbocycles. The summed E-state index contributed by atoms with van der Waals surface area (Å²) in [6.07, 6.45) is 3.58. The Kier molecular flexibility index (Phi) is 4.94. The van der Waals surface area contributed by atoms with Crippen LogP contribution in [0.4, 0.5) is 11.5 Å². The highest BCUT2D eigenvalue weighted by Crippen LogP contribution is 2.27. The van der Waals surface area contributed by atoms with E-state index in [0.29, 0.717) is 18.1 Å². The number of aryl methyl sites for hydroxylation is 2. The lowest BCUT2D eigenvalue weighted by Crippen LogP contribution is -2.22. The number of nitrogens with zero attached hydrogens (tertiary/aromatic N) is 4. The summed E-state index contributed by atoms with van der Waals surface area (Å²) < 4.78 is 1.67. The standard InChI is InChI=1S/C13H23N5O2/c1-3-17-13(12(18(19)20)11(2)15-17)14-7-6-10-16-8-4-5-9-16/h14H,3-10H2,1-2H3. The van der Waals surface area contributed by atoms with Crippen LogP contribution in [0.25, 0.3) is 0 Å². The van der Waals surface area contributed by atoms with Crippen molar-refractivity contribution < 1.29 is 4.92 Å². The molecule has 7 heteroatoms. The maximum absolute atomic E-state index is 11.1. The number of nitrogens with one attached hydrogen (secondary N) is 1. The van der Waals surface area contributed by atoms with Crippen LogP contribution in [-0.2, 0) is 6.54 Å². The minimum Gasteiger partial charge on any atom is -0.364 e. The molecule has 0 radical (unpaired) electrons. The highest BCUT2D eigenvalue weighted by molar-refractivity contribution is 5.59. The Morgan fingerprint density at radius 3 is 2.70 bits per heavy atom. The van der Waals surface area contributed by atoms with Gasteiger partial charge in [0, 0.05) is 13.1 Å². The highest BCUT2D eigenvalue weighted by atomic mass is 16.6. The fourth-order valence-corrected chi connectivity index (χ4v) is 2.71. The summed E-state index contributed by atoms with van der Waals surface area (Å²) in [6.45, 7) is 8.41. The van der Waals surface area contributed by atoms with Gasteiger partial charge in [0.05, 0.1) is 4.92 Å². The Morgan fingerprint density at radius 1 is 1.40 bits per heavy atom. The third kappa shape index (κ3) is 3.27. The van der Waals surface area contributed by atoms with Gasteiger partial charge in [-0.25, -0.2) is 4.68 Å². The van der Waals surface area contributed by atoms with Crippen LogP contribution in [0.2, 0.25) is 0 Å². The maximum atomic E-state index is 11.1. The Labute approximate surface area is 119 Å². The number of likely N-dealkylation sites (tertiary alicyclic amines) is 1. The summed E-state index contributed by atoms with van der Waals surface area (Å²) in [7, 11) is 0. The number of hydrogen-bond donors (Lipinski definition) is 1. The quantitative estimate of drug-likeness (QED) is 0.470. The van der Waals surface area contributed by atoms with Gasteiger partial charge in [-0.05, 0) is 52.7 Å².